The number of carbonyl (C=O) groups excluding carboxylic acids is 1. The highest BCUT2D eigenvalue weighted by Gasteiger charge is 2.31. The first-order chi connectivity index (χ1) is 11.7. The van der Waals surface area contributed by atoms with Gasteiger partial charge in [0.1, 0.15) is 0 Å². The van der Waals surface area contributed by atoms with E-state index in [4.69, 9.17) is 11.6 Å². The Hall–Kier alpha value is -1.15. The molecular weight excluding hydrogens is 362 g/mol. The van der Waals surface area contributed by atoms with E-state index >= 15 is 0 Å². The van der Waals surface area contributed by atoms with Gasteiger partial charge < -0.3 is 5.32 Å². The zero-order valence-electron chi connectivity index (χ0n) is 14.9. The van der Waals surface area contributed by atoms with E-state index in [1.165, 1.54) is 10.4 Å². The number of hydrogen-bond acceptors (Lipinski definition) is 4. The third-order valence-electron chi connectivity index (χ3n) is 4.32. The Labute approximate surface area is 155 Å². The van der Waals surface area contributed by atoms with Crippen molar-refractivity contribution >= 4 is 27.5 Å². The third kappa shape index (κ3) is 5.17. The number of nitrogens with zero attached hydrogens (tertiary/aromatic N) is 2. The van der Waals surface area contributed by atoms with E-state index in [0.29, 0.717) is 43.7 Å². The van der Waals surface area contributed by atoms with E-state index in [1.54, 1.807) is 18.2 Å². The van der Waals surface area contributed by atoms with Gasteiger partial charge in [-0.3, -0.25) is 9.69 Å². The maximum atomic E-state index is 12.7. The van der Waals surface area contributed by atoms with Crippen molar-refractivity contribution in [1.29, 1.82) is 0 Å². The van der Waals surface area contributed by atoms with E-state index in [1.807, 2.05) is 25.7 Å². The Morgan fingerprint density at radius 2 is 1.84 bits per heavy atom. The van der Waals surface area contributed by atoms with Crippen molar-refractivity contribution in [3.05, 3.63) is 29.3 Å². The van der Waals surface area contributed by atoms with Crippen LogP contribution in [0.1, 0.15) is 20.8 Å². The van der Waals surface area contributed by atoms with Crippen molar-refractivity contribution in [2.75, 3.05) is 32.7 Å². The largest absolute Gasteiger partial charge is 0.354 e. The van der Waals surface area contributed by atoms with Gasteiger partial charge in [-0.15, -0.1) is 0 Å². The van der Waals surface area contributed by atoms with Gasteiger partial charge in [-0.05, 0) is 31.0 Å². The number of sulfonamides is 1. The first-order valence-corrected chi connectivity index (χ1v) is 10.3. The van der Waals surface area contributed by atoms with E-state index < -0.39 is 10.0 Å². The average Bonchev–Trinajstić information content (AvgIpc) is 2.59. The number of benzene rings is 1. The quantitative estimate of drug-likeness (QED) is 0.808. The predicted octanol–water partition coefficient (Wildman–Crippen LogP) is 1.81. The van der Waals surface area contributed by atoms with Gasteiger partial charge in [0.05, 0.1) is 10.9 Å². The monoisotopic (exact) mass is 387 g/mol. The Morgan fingerprint density at radius 1 is 1.20 bits per heavy atom. The molecule has 1 aliphatic heterocycles. The summed E-state index contributed by atoms with van der Waals surface area (Å²) in [6, 6.07) is 6.03. The second-order valence-corrected chi connectivity index (χ2v) is 9.09. The van der Waals surface area contributed by atoms with Gasteiger partial charge >= 0.3 is 0 Å². The average molecular weight is 388 g/mol. The zero-order chi connectivity index (χ0) is 18.6. The second-order valence-electron chi connectivity index (χ2n) is 6.71. The molecule has 1 fully saturated rings. The highest BCUT2D eigenvalue weighted by Crippen LogP contribution is 2.21. The SMILES string of the molecule is CC(C)CNC(=O)[C@@H](C)N1CCN(S(=O)(=O)c2cccc(Cl)c2)CC1. The minimum absolute atomic E-state index is 0.0140. The van der Waals surface area contributed by atoms with Gasteiger partial charge in [0.2, 0.25) is 15.9 Å². The van der Waals surface area contributed by atoms with Gasteiger partial charge in [0.25, 0.3) is 0 Å². The molecule has 8 heteroatoms. The van der Waals surface area contributed by atoms with Crippen LogP contribution in [0, 0.1) is 5.92 Å². The number of hydrogen-bond donors (Lipinski definition) is 1. The van der Waals surface area contributed by atoms with Crippen LogP contribution in [-0.2, 0) is 14.8 Å². The molecule has 1 saturated heterocycles. The summed E-state index contributed by atoms with van der Waals surface area (Å²) in [6.45, 7) is 8.36. The fourth-order valence-electron chi connectivity index (χ4n) is 2.73. The molecule has 1 aromatic carbocycles. The number of piperazine rings is 1. The minimum Gasteiger partial charge on any atom is -0.354 e. The molecule has 1 heterocycles. The van der Waals surface area contributed by atoms with Crippen LogP contribution in [0.5, 0.6) is 0 Å². The molecule has 1 atom stereocenters. The first-order valence-electron chi connectivity index (χ1n) is 8.49. The first kappa shape index (κ1) is 20.2. The molecule has 2 rings (SSSR count). The van der Waals surface area contributed by atoms with Gasteiger partial charge in [0, 0.05) is 37.7 Å². The van der Waals surface area contributed by atoms with Gasteiger partial charge in [0.15, 0.2) is 0 Å². The lowest BCUT2D eigenvalue weighted by Crippen LogP contribution is -2.55. The summed E-state index contributed by atoms with van der Waals surface area (Å²) >= 11 is 5.91. The lowest BCUT2D eigenvalue weighted by molar-refractivity contribution is -0.126. The van der Waals surface area contributed by atoms with Crippen molar-refractivity contribution < 1.29 is 13.2 Å². The maximum Gasteiger partial charge on any atom is 0.243 e. The van der Waals surface area contributed by atoms with Gasteiger partial charge in [-0.2, -0.15) is 4.31 Å². The molecule has 0 aromatic heterocycles. The topological polar surface area (TPSA) is 69.7 Å². The van der Waals surface area contributed by atoms with Crippen LogP contribution in [-0.4, -0.2) is 62.3 Å². The molecule has 0 bridgehead atoms. The molecule has 1 aliphatic rings. The molecule has 6 nitrogen and oxygen atoms in total. The fraction of sp³-hybridized carbons (Fsp3) is 0.588. The minimum atomic E-state index is -3.55. The summed E-state index contributed by atoms with van der Waals surface area (Å²) < 4.78 is 26.8. The number of halogens is 1. The van der Waals surface area contributed by atoms with Crippen LogP contribution in [0.25, 0.3) is 0 Å². The van der Waals surface area contributed by atoms with E-state index in [2.05, 4.69) is 5.32 Å². The molecule has 1 aromatic rings. The van der Waals surface area contributed by atoms with Crippen molar-refractivity contribution in [2.24, 2.45) is 5.92 Å². The van der Waals surface area contributed by atoms with Crippen molar-refractivity contribution in [3.63, 3.8) is 0 Å². The summed E-state index contributed by atoms with van der Waals surface area (Å²) in [4.78, 5) is 14.4. The Morgan fingerprint density at radius 3 is 2.40 bits per heavy atom. The van der Waals surface area contributed by atoms with Gasteiger partial charge in [-0.1, -0.05) is 31.5 Å². The number of nitrogens with one attached hydrogen (secondary N) is 1. The van der Waals surface area contributed by atoms with Crippen LogP contribution in [0.3, 0.4) is 0 Å². The van der Waals surface area contributed by atoms with Crippen LogP contribution in [0.2, 0.25) is 5.02 Å². The molecule has 1 amide bonds. The summed E-state index contributed by atoms with van der Waals surface area (Å²) in [6.07, 6.45) is 0. The third-order valence-corrected chi connectivity index (χ3v) is 6.45. The number of carbonyl (C=O) groups is 1. The van der Waals surface area contributed by atoms with E-state index in [0.717, 1.165) is 0 Å². The molecule has 140 valence electrons. The highest BCUT2D eigenvalue weighted by molar-refractivity contribution is 7.89. The fourth-order valence-corrected chi connectivity index (χ4v) is 4.45. The Bertz CT molecular complexity index is 701. The van der Waals surface area contributed by atoms with Crippen LogP contribution >= 0.6 is 11.6 Å². The molecular formula is C17H26ClN3O3S. The second kappa shape index (κ2) is 8.49. The molecule has 0 radical (unpaired) electrons. The summed E-state index contributed by atoms with van der Waals surface area (Å²) in [5, 5.41) is 3.32. The van der Waals surface area contributed by atoms with E-state index in [9.17, 15) is 13.2 Å². The van der Waals surface area contributed by atoms with Crippen LogP contribution in [0.15, 0.2) is 29.2 Å². The Balaban J connectivity index is 1.96. The predicted molar refractivity (Wildman–Crippen MR) is 99.1 cm³/mol. The van der Waals surface area contributed by atoms with E-state index in [-0.39, 0.29) is 16.8 Å². The summed E-state index contributed by atoms with van der Waals surface area (Å²) in [5.74, 6) is 0.385. The Kier molecular flexibility index (Phi) is 6.85. The van der Waals surface area contributed by atoms with Crippen LogP contribution in [0.4, 0.5) is 0 Å². The molecule has 0 aliphatic carbocycles. The number of rotatable bonds is 6. The highest BCUT2D eigenvalue weighted by atomic mass is 35.5. The zero-order valence-corrected chi connectivity index (χ0v) is 16.5. The molecule has 1 N–H and O–H groups in total. The maximum absolute atomic E-state index is 12.7. The van der Waals surface area contributed by atoms with Gasteiger partial charge in [-0.25, -0.2) is 8.42 Å². The molecule has 0 spiro atoms. The lowest BCUT2D eigenvalue weighted by atomic mass is 10.2. The molecule has 0 saturated carbocycles. The van der Waals surface area contributed by atoms with Crippen molar-refractivity contribution in [1.82, 2.24) is 14.5 Å². The van der Waals surface area contributed by atoms with Crippen molar-refractivity contribution in [2.45, 2.75) is 31.7 Å². The smallest absolute Gasteiger partial charge is 0.243 e. The normalized spacial score (nSPS) is 18.3. The standard InChI is InChI=1S/C17H26ClN3O3S/c1-13(2)12-19-17(22)14(3)20-7-9-21(10-8-20)25(23,24)16-6-4-5-15(18)11-16/h4-6,11,13-14H,7-10,12H2,1-3H3,(H,19,22)/t14-/m1/s1. The number of amides is 1. The van der Waals surface area contributed by atoms with Crippen molar-refractivity contribution in [3.8, 4) is 0 Å². The summed E-state index contributed by atoms with van der Waals surface area (Å²) in [7, 11) is -3.55. The van der Waals surface area contributed by atoms with Crippen LogP contribution < -0.4 is 5.32 Å². The lowest BCUT2D eigenvalue weighted by Gasteiger charge is -2.36. The molecule has 25 heavy (non-hydrogen) atoms. The summed E-state index contributed by atoms with van der Waals surface area (Å²) in [5.41, 5.74) is 0. The molecule has 0 unspecified atom stereocenters.